The second-order valence-corrected chi connectivity index (χ2v) is 6.92. The molecule has 0 unspecified atom stereocenters. The number of aryl methyl sites for hydroxylation is 1. The van der Waals surface area contributed by atoms with Gasteiger partial charge in [0.1, 0.15) is 6.10 Å². The highest BCUT2D eigenvalue weighted by molar-refractivity contribution is 5.90. The van der Waals surface area contributed by atoms with Crippen molar-refractivity contribution in [2.45, 2.75) is 32.3 Å². The van der Waals surface area contributed by atoms with E-state index in [0.717, 1.165) is 42.0 Å². The molecule has 2 amide bonds. The monoisotopic (exact) mass is 369 g/mol. The molecule has 27 heavy (non-hydrogen) atoms. The zero-order chi connectivity index (χ0) is 19.0. The average molecular weight is 369 g/mol. The van der Waals surface area contributed by atoms with Crippen LogP contribution in [0.2, 0.25) is 0 Å². The molecule has 8 heteroatoms. The lowest BCUT2D eigenvalue weighted by Crippen LogP contribution is -2.33. The van der Waals surface area contributed by atoms with Crippen LogP contribution in [0.15, 0.2) is 18.2 Å². The molecule has 1 aliphatic carbocycles. The van der Waals surface area contributed by atoms with Crippen LogP contribution >= 0.6 is 0 Å². The molecular formula is C19H23N5O3. The highest BCUT2D eigenvalue weighted by Crippen LogP contribution is 2.36. The Morgan fingerprint density at radius 1 is 1.41 bits per heavy atom. The molecule has 2 heterocycles. The molecule has 3 N–H and O–H groups in total. The number of carbonyl (C=O) groups is 2. The van der Waals surface area contributed by atoms with Crippen LogP contribution in [0.25, 0.3) is 11.3 Å². The fourth-order valence-electron chi connectivity index (χ4n) is 3.79. The number of carbonyl (C=O) groups excluding carboxylic acids is 2. The molecule has 1 fully saturated rings. The van der Waals surface area contributed by atoms with E-state index in [1.54, 1.807) is 4.90 Å². The van der Waals surface area contributed by atoms with Crippen molar-refractivity contribution in [3.63, 3.8) is 0 Å². The molecule has 142 valence electrons. The Morgan fingerprint density at radius 2 is 2.26 bits per heavy atom. The normalized spacial score (nSPS) is 18.4. The number of nitrogens with one attached hydrogen (secondary N) is 3. The number of aromatic nitrogens is 2. The molecular weight excluding hydrogens is 346 g/mol. The molecule has 1 aromatic heterocycles. The van der Waals surface area contributed by atoms with Gasteiger partial charge in [-0.05, 0) is 37.0 Å². The van der Waals surface area contributed by atoms with Gasteiger partial charge >= 0.3 is 6.09 Å². The first-order valence-corrected chi connectivity index (χ1v) is 9.17. The summed E-state index contributed by atoms with van der Waals surface area (Å²) in [6.07, 6.45) is 2.20. The van der Waals surface area contributed by atoms with E-state index in [9.17, 15) is 9.59 Å². The van der Waals surface area contributed by atoms with Crippen molar-refractivity contribution in [1.82, 2.24) is 15.5 Å². The Labute approximate surface area is 157 Å². The van der Waals surface area contributed by atoms with Gasteiger partial charge in [0, 0.05) is 30.8 Å². The lowest BCUT2D eigenvalue weighted by Gasteiger charge is -2.16. The first-order chi connectivity index (χ1) is 13.1. The van der Waals surface area contributed by atoms with Gasteiger partial charge in [-0.1, -0.05) is 6.07 Å². The van der Waals surface area contributed by atoms with E-state index in [1.165, 1.54) is 18.1 Å². The number of fused-ring (bicyclic) bond motifs is 3. The number of ether oxygens (including phenoxy) is 1. The number of amides is 2. The summed E-state index contributed by atoms with van der Waals surface area (Å²) in [6, 6.07) is 6.04. The van der Waals surface area contributed by atoms with Crippen LogP contribution < -0.4 is 15.5 Å². The van der Waals surface area contributed by atoms with Gasteiger partial charge in [0.25, 0.3) is 0 Å². The molecule has 1 aromatic carbocycles. The topological polar surface area (TPSA) is 99.4 Å². The number of rotatable bonds is 4. The van der Waals surface area contributed by atoms with Gasteiger partial charge in [-0.25, -0.2) is 4.79 Å². The summed E-state index contributed by atoms with van der Waals surface area (Å²) in [5.74, 6) is 0.761. The van der Waals surface area contributed by atoms with Crippen LogP contribution in [0.1, 0.15) is 24.5 Å². The molecule has 2 aliphatic rings. The standard InChI is InChI=1S/C19H23N5O3/c1-11(25)21-9-14-10-24(19(26)27-14)13-6-7-15-12(8-13)4-3-5-16-17(15)22-23-18(16)20-2/h6-8,14H,3-5,9-10H2,1-2H3,(H,21,25)(H2,20,22,23)/t14-/m0/s1. The van der Waals surface area contributed by atoms with Gasteiger partial charge in [-0.15, -0.1) is 0 Å². The summed E-state index contributed by atoms with van der Waals surface area (Å²) in [4.78, 5) is 25.0. The quantitative estimate of drug-likeness (QED) is 0.766. The van der Waals surface area contributed by atoms with Crippen LogP contribution in [0, 0.1) is 0 Å². The highest BCUT2D eigenvalue weighted by Gasteiger charge is 2.33. The van der Waals surface area contributed by atoms with Crippen LogP contribution in [0.3, 0.4) is 0 Å². The number of anilines is 2. The average Bonchev–Trinajstić information content (AvgIpc) is 3.18. The predicted molar refractivity (Wildman–Crippen MR) is 102 cm³/mol. The summed E-state index contributed by atoms with van der Waals surface area (Å²) in [7, 11) is 1.88. The lowest BCUT2D eigenvalue weighted by molar-refractivity contribution is -0.119. The Kier molecular flexibility index (Phi) is 4.47. The number of hydrogen-bond donors (Lipinski definition) is 3. The molecule has 0 spiro atoms. The van der Waals surface area contributed by atoms with Gasteiger partial charge in [0.2, 0.25) is 5.91 Å². The summed E-state index contributed by atoms with van der Waals surface area (Å²) in [5, 5.41) is 13.3. The Morgan fingerprint density at radius 3 is 3.04 bits per heavy atom. The first-order valence-electron chi connectivity index (χ1n) is 9.17. The van der Waals surface area contributed by atoms with E-state index in [2.05, 4.69) is 26.9 Å². The zero-order valence-corrected chi connectivity index (χ0v) is 15.5. The number of nitrogens with zero attached hydrogens (tertiary/aromatic N) is 2. The van der Waals surface area contributed by atoms with Crippen LogP contribution in [-0.2, 0) is 22.4 Å². The van der Waals surface area contributed by atoms with Crippen molar-refractivity contribution in [3.8, 4) is 11.3 Å². The third-order valence-corrected chi connectivity index (χ3v) is 5.10. The summed E-state index contributed by atoms with van der Waals surface area (Å²) in [6.45, 7) is 2.20. The number of cyclic esters (lactones) is 1. The molecule has 0 saturated carbocycles. The van der Waals surface area contributed by atoms with Gasteiger partial charge < -0.3 is 15.4 Å². The molecule has 2 aromatic rings. The van der Waals surface area contributed by atoms with Gasteiger partial charge in [0.05, 0.1) is 18.8 Å². The Balaban J connectivity index is 1.59. The third-order valence-electron chi connectivity index (χ3n) is 5.10. The van der Waals surface area contributed by atoms with Crippen molar-refractivity contribution < 1.29 is 14.3 Å². The van der Waals surface area contributed by atoms with E-state index >= 15 is 0 Å². The SMILES string of the molecule is CNc1n[nH]c2c1CCCc1cc(N3C[C@H](CNC(C)=O)OC3=O)ccc1-2. The smallest absolute Gasteiger partial charge is 0.414 e. The van der Waals surface area contributed by atoms with Crippen molar-refractivity contribution >= 4 is 23.5 Å². The maximum absolute atomic E-state index is 12.3. The number of benzene rings is 1. The first kappa shape index (κ1) is 17.4. The Bertz CT molecular complexity index is 891. The molecule has 1 aliphatic heterocycles. The third kappa shape index (κ3) is 3.22. The second-order valence-electron chi connectivity index (χ2n) is 6.92. The lowest BCUT2D eigenvalue weighted by atomic mass is 10.0. The van der Waals surface area contributed by atoms with Gasteiger partial charge in [-0.3, -0.25) is 14.8 Å². The molecule has 1 atom stereocenters. The van der Waals surface area contributed by atoms with E-state index in [1.807, 2.05) is 19.2 Å². The van der Waals surface area contributed by atoms with Crippen LogP contribution in [0.5, 0.6) is 0 Å². The highest BCUT2D eigenvalue weighted by atomic mass is 16.6. The molecule has 1 saturated heterocycles. The van der Waals surface area contributed by atoms with Gasteiger partial charge in [0.15, 0.2) is 5.82 Å². The largest absolute Gasteiger partial charge is 0.442 e. The molecule has 4 rings (SSSR count). The number of H-pyrrole nitrogens is 1. The molecule has 0 radical (unpaired) electrons. The van der Waals surface area contributed by atoms with Crippen molar-refractivity contribution in [1.29, 1.82) is 0 Å². The fourth-order valence-corrected chi connectivity index (χ4v) is 3.79. The summed E-state index contributed by atoms with van der Waals surface area (Å²) in [5.41, 5.74) is 5.39. The molecule has 0 bridgehead atoms. The minimum Gasteiger partial charge on any atom is -0.442 e. The maximum Gasteiger partial charge on any atom is 0.414 e. The summed E-state index contributed by atoms with van der Waals surface area (Å²) < 4.78 is 5.37. The van der Waals surface area contributed by atoms with E-state index in [0.29, 0.717) is 13.1 Å². The number of aromatic amines is 1. The van der Waals surface area contributed by atoms with E-state index in [4.69, 9.17) is 4.74 Å². The second kappa shape index (κ2) is 6.94. The minimum atomic E-state index is -0.376. The van der Waals surface area contributed by atoms with E-state index < -0.39 is 0 Å². The number of hydrogen-bond acceptors (Lipinski definition) is 5. The van der Waals surface area contributed by atoms with Crippen molar-refractivity contribution in [3.05, 3.63) is 29.3 Å². The van der Waals surface area contributed by atoms with Crippen LogP contribution in [-0.4, -0.2) is 48.4 Å². The Hall–Kier alpha value is -3.03. The minimum absolute atomic E-state index is 0.133. The summed E-state index contributed by atoms with van der Waals surface area (Å²) >= 11 is 0. The zero-order valence-electron chi connectivity index (χ0n) is 15.5. The van der Waals surface area contributed by atoms with Crippen molar-refractivity contribution in [2.75, 3.05) is 30.4 Å². The maximum atomic E-state index is 12.3. The molecule has 8 nitrogen and oxygen atoms in total. The van der Waals surface area contributed by atoms with E-state index in [-0.39, 0.29) is 18.1 Å². The van der Waals surface area contributed by atoms with Crippen LogP contribution in [0.4, 0.5) is 16.3 Å². The predicted octanol–water partition coefficient (Wildman–Crippen LogP) is 2.07. The van der Waals surface area contributed by atoms with Crippen molar-refractivity contribution in [2.24, 2.45) is 0 Å². The fraction of sp³-hybridized carbons (Fsp3) is 0.421. The van der Waals surface area contributed by atoms with Gasteiger partial charge in [-0.2, -0.15) is 5.10 Å².